The average molecular weight is 173 g/mol. The highest BCUT2D eigenvalue weighted by Crippen LogP contribution is 2.11. The molecule has 0 radical (unpaired) electrons. The first kappa shape index (κ1) is 10.7. The number of benzene rings is 1. The lowest BCUT2D eigenvalue weighted by atomic mass is 10.1. The number of carbonyl (C=O) groups is 1. The zero-order valence-corrected chi connectivity index (χ0v) is 6.60. The van der Waals surface area contributed by atoms with E-state index in [1.165, 1.54) is 19.1 Å². The van der Waals surface area contributed by atoms with Crippen LogP contribution in [0.15, 0.2) is 18.2 Å². The average Bonchev–Trinajstić information content (AvgIpc) is 1.94. The van der Waals surface area contributed by atoms with Gasteiger partial charge in [-0.2, -0.15) is 0 Å². The van der Waals surface area contributed by atoms with Crippen LogP contribution in [-0.2, 0) is 0 Å². The van der Waals surface area contributed by atoms with Crippen molar-refractivity contribution in [1.82, 2.24) is 6.15 Å². The quantitative estimate of drug-likeness (QED) is 0.662. The molecule has 2 nitrogen and oxygen atoms in total. The Bertz CT molecular complexity index is 299. The summed E-state index contributed by atoms with van der Waals surface area (Å²) in [6, 6.07) is 3.53. The first-order valence-corrected chi connectivity index (χ1v) is 3.08. The highest BCUT2D eigenvalue weighted by Gasteiger charge is 2.09. The van der Waals surface area contributed by atoms with Crippen LogP contribution in [0.25, 0.3) is 0 Å². The fraction of sp³-hybridized carbons (Fsp3) is 0.125. The normalized spacial score (nSPS) is 8.92. The highest BCUT2D eigenvalue weighted by atomic mass is 19.2. The zero-order chi connectivity index (χ0) is 8.43. The van der Waals surface area contributed by atoms with Crippen LogP contribution >= 0.6 is 0 Å². The molecule has 0 saturated carbocycles. The number of hydrogen-bond donors (Lipinski definition) is 1. The predicted molar refractivity (Wildman–Crippen MR) is 41.4 cm³/mol. The van der Waals surface area contributed by atoms with Crippen LogP contribution in [0.1, 0.15) is 17.3 Å². The highest BCUT2D eigenvalue weighted by molar-refractivity contribution is 5.94. The number of hydrogen-bond acceptors (Lipinski definition) is 2. The SMILES string of the molecule is CC(=O)c1cccc(F)c1F.N. The second-order valence-electron chi connectivity index (χ2n) is 2.16. The third-order valence-electron chi connectivity index (χ3n) is 1.33. The maximum absolute atomic E-state index is 12.7. The maximum atomic E-state index is 12.7. The molecule has 0 aromatic heterocycles. The number of rotatable bonds is 1. The van der Waals surface area contributed by atoms with Crippen molar-refractivity contribution in [3.05, 3.63) is 35.4 Å². The molecule has 1 rings (SSSR count). The van der Waals surface area contributed by atoms with Crippen molar-refractivity contribution in [2.45, 2.75) is 6.92 Å². The van der Waals surface area contributed by atoms with Crippen LogP contribution in [-0.4, -0.2) is 5.78 Å². The Balaban J connectivity index is 0.00000121. The van der Waals surface area contributed by atoms with Crippen LogP contribution < -0.4 is 6.15 Å². The molecule has 0 fully saturated rings. The van der Waals surface area contributed by atoms with Gasteiger partial charge in [-0.05, 0) is 19.1 Å². The van der Waals surface area contributed by atoms with Gasteiger partial charge in [0, 0.05) is 0 Å². The largest absolute Gasteiger partial charge is 0.344 e. The first-order chi connectivity index (χ1) is 5.13. The minimum absolute atomic E-state index is 0. The Hall–Kier alpha value is -1.29. The fourth-order valence-corrected chi connectivity index (χ4v) is 0.776. The molecule has 0 atom stereocenters. The molecule has 1 aromatic rings. The van der Waals surface area contributed by atoms with E-state index in [0.717, 1.165) is 6.07 Å². The topological polar surface area (TPSA) is 52.1 Å². The van der Waals surface area contributed by atoms with Gasteiger partial charge in [0.2, 0.25) is 0 Å². The molecule has 4 heteroatoms. The molecule has 0 spiro atoms. The summed E-state index contributed by atoms with van der Waals surface area (Å²) in [6.45, 7) is 1.19. The van der Waals surface area contributed by atoms with Crippen LogP contribution in [0.4, 0.5) is 8.78 Å². The van der Waals surface area contributed by atoms with Gasteiger partial charge < -0.3 is 6.15 Å². The Labute approximate surface area is 68.8 Å². The van der Waals surface area contributed by atoms with Gasteiger partial charge in [0.05, 0.1) is 5.56 Å². The second kappa shape index (κ2) is 3.92. The monoisotopic (exact) mass is 173 g/mol. The van der Waals surface area contributed by atoms with E-state index in [4.69, 9.17) is 0 Å². The van der Waals surface area contributed by atoms with Crippen molar-refractivity contribution in [3.8, 4) is 0 Å². The van der Waals surface area contributed by atoms with E-state index in [-0.39, 0.29) is 11.7 Å². The molecule has 0 heterocycles. The summed E-state index contributed by atoms with van der Waals surface area (Å²) in [5.74, 6) is -2.53. The maximum Gasteiger partial charge on any atom is 0.169 e. The summed E-state index contributed by atoms with van der Waals surface area (Å²) in [6.07, 6.45) is 0. The van der Waals surface area contributed by atoms with Gasteiger partial charge in [-0.25, -0.2) is 8.78 Å². The number of ketones is 1. The molecule has 0 unspecified atom stereocenters. The molecule has 0 saturated heterocycles. The number of halogens is 2. The van der Waals surface area contributed by atoms with E-state index >= 15 is 0 Å². The van der Waals surface area contributed by atoms with Crippen molar-refractivity contribution in [2.24, 2.45) is 0 Å². The summed E-state index contributed by atoms with van der Waals surface area (Å²) in [7, 11) is 0. The smallest absolute Gasteiger partial charge is 0.169 e. The molecule has 12 heavy (non-hydrogen) atoms. The van der Waals surface area contributed by atoms with Crippen molar-refractivity contribution >= 4 is 5.78 Å². The van der Waals surface area contributed by atoms with Gasteiger partial charge in [-0.1, -0.05) is 6.07 Å². The summed E-state index contributed by atoms with van der Waals surface area (Å²) in [4.78, 5) is 10.6. The van der Waals surface area contributed by atoms with Gasteiger partial charge in [-0.3, -0.25) is 4.79 Å². The second-order valence-corrected chi connectivity index (χ2v) is 2.16. The van der Waals surface area contributed by atoms with E-state index < -0.39 is 17.4 Å². The van der Waals surface area contributed by atoms with E-state index in [2.05, 4.69) is 0 Å². The van der Waals surface area contributed by atoms with E-state index in [9.17, 15) is 13.6 Å². The standard InChI is InChI=1S/C8H6F2O.H3N/c1-5(11)6-3-2-4-7(9)8(6)10;/h2-4H,1H3;1H3. The van der Waals surface area contributed by atoms with Crippen molar-refractivity contribution in [3.63, 3.8) is 0 Å². The summed E-state index contributed by atoms with van der Waals surface area (Å²) in [5.41, 5.74) is -0.204. The molecule has 0 aliphatic carbocycles. The minimum Gasteiger partial charge on any atom is -0.344 e. The Morgan fingerprint density at radius 3 is 2.33 bits per heavy atom. The van der Waals surface area contributed by atoms with Crippen LogP contribution in [0.3, 0.4) is 0 Å². The number of Topliss-reactive ketones (excluding diaryl/α,β-unsaturated/α-hetero) is 1. The molecule has 1 aromatic carbocycles. The first-order valence-electron chi connectivity index (χ1n) is 3.08. The van der Waals surface area contributed by atoms with E-state index in [1.54, 1.807) is 0 Å². The predicted octanol–water partition coefficient (Wildman–Crippen LogP) is 2.33. The van der Waals surface area contributed by atoms with Crippen molar-refractivity contribution < 1.29 is 13.6 Å². The molecule has 0 aliphatic heterocycles. The van der Waals surface area contributed by atoms with Gasteiger partial charge in [-0.15, -0.1) is 0 Å². The lowest BCUT2D eigenvalue weighted by Crippen LogP contribution is -1.98. The molecule has 66 valence electrons. The lowest BCUT2D eigenvalue weighted by Gasteiger charge is -1.97. The van der Waals surface area contributed by atoms with E-state index in [0.29, 0.717) is 0 Å². The third kappa shape index (κ3) is 1.85. The van der Waals surface area contributed by atoms with Crippen molar-refractivity contribution in [2.75, 3.05) is 0 Å². The van der Waals surface area contributed by atoms with Crippen LogP contribution in [0.5, 0.6) is 0 Å². The van der Waals surface area contributed by atoms with E-state index in [1.807, 2.05) is 0 Å². The third-order valence-corrected chi connectivity index (χ3v) is 1.33. The Morgan fingerprint density at radius 1 is 1.33 bits per heavy atom. The van der Waals surface area contributed by atoms with Crippen LogP contribution in [0.2, 0.25) is 0 Å². The molecule has 0 bridgehead atoms. The molecular weight excluding hydrogens is 164 g/mol. The fourth-order valence-electron chi connectivity index (χ4n) is 0.776. The van der Waals surface area contributed by atoms with Gasteiger partial charge in [0.15, 0.2) is 17.4 Å². The summed E-state index contributed by atoms with van der Waals surface area (Å²) in [5, 5.41) is 0. The lowest BCUT2D eigenvalue weighted by molar-refractivity contribution is 0.101. The van der Waals surface area contributed by atoms with Gasteiger partial charge in [0.25, 0.3) is 0 Å². The van der Waals surface area contributed by atoms with Gasteiger partial charge in [0.1, 0.15) is 0 Å². The van der Waals surface area contributed by atoms with Crippen molar-refractivity contribution in [1.29, 1.82) is 0 Å². The van der Waals surface area contributed by atoms with Crippen LogP contribution in [0, 0.1) is 11.6 Å². The minimum atomic E-state index is -1.07. The molecule has 3 N–H and O–H groups in total. The molecule has 0 aliphatic rings. The summed E-state index contributed by atoms with van der Waals surface area (Å²) < 4.78 is 25.1. The number of carbonyl (C=O) groups excluding carboxylic acids is 1. The summed E-state index contributed by atoms with van der Waals surface area (Å²) >= 11 is 0. The Kier molecular flexibility index (Phi) is 3.50. The van der Waals surface area contributed by atoms with Gasteiger partial charge >= 0.3 is 0 Å². The molecule has 0 amide bonds. The Morgan fingerprint density at radius 2 is 1.92 bits per heavy atom. The molecular formula is C8H9F2NO. The zero-order valence-electron chi connectivity index (χ0n) is 6.60.